The van der Waals surface area contributed by atoms with Crippen molar-refractivity contribution in [1.82, 2.24) is 15.2 Å². The maximum absolute atomic E-state index is 12.4. The van der Waals surface area contributed by atoms with E-state index in [2.05, 4.69) is 15.6 Å². The largest absolute Gasteiger partial charge is 0.355 e. The number of piperidine rings is 1. The van der Waals surface area contributed by atoms with Gasteiger partial charge in [0.25, 0.3) is 0 Å². The number of carbonyl (C=O) groups excluding carboxylic acids is 1. The van der Waals surface area contributed by atoms with E-state index in [1.165, 1.54) is 55.6 Å². The van der Waals surface area contributed by atoms with Crippen LogP contribution >= 0.6 is 11.3 Å². The fourth-order valence-corrected chi connectivity index (χ4v) is 5.31. The average molecular weight is 362 g/mol. The number of thiazole rings is 1. The molecular formula is C20H31N3OS. The van der Waals surface area contributed by atoms with Gasteiger partial charge in [-0.3, -0.25) is 4.79 Å². The summed E-state index contributed by atoms with van der Waals surface area (Å²) in [5.74, 6) is 1.17. The topological polar surface area (TPSA) is 45.2 Å². The van der Waals surface area contributed by atoms with Gasteiger partial charge >= 0.3 is 0 Å². The second kappa shape index (κ2) is 8.17. The molecule has 5 heteroatoms. The summed E-state index contributed by atoms with van der Waals surface area (Å²) in [4.78, 5) is 19.8. The van der Waals surface area contributed by atoms with Crippen LogP contribution in [0.25, 0.3) is 0 Å². The van der Waals surface area contributed by atoms with Gasteiger partial charge < -0.3 is 10.2 Å². The van der Waals surface area contributed by atoms with E-state index in [0.29, 0.717) is 5.92 Å². The molecule has 0 aromatic carbocycles. The molecule has 0 radical (unpaired) electrons. The molecular weight excluding hydrogens is 330 g/mol. The Kier molecular flexibility index (Phi) is 5.71. The molecule has 0 bridgehead atoms. The Labute approximate surface area is 155 Å². The Morgan fingerprint density at radius 1 is 1.12 bits per heavy atom. The minimum atomic E-state index is 0.226. The van der Waals surface area contributed by atoms with Crippen LogP contribution in [0.4, 0.5) is 0 Å². The van der Waals surface area contributed by atoms with Gasteiger partial charge in [0, 0.05) is 36.2 Å². The Hall–Kier alpha value is -0.940. The monoisotopic (exact) mass is 361 g/mol. The minimum absolute atomic E-state index is 0.226. The third kappa shape index (κ3) is 4.62. The highest BCUT2D eigenvalue weighted by Gasteiger charge is 2.33. The second-order valence-electron chi connectivity index (χ2n) is 8.08. The molecule has 2 aliphatic carbocycles. The Morgan fingerprint density at radius 2 is 1.88 bits per heavy atom. The molecule has 1 saturated heterocycles. The van der Waals surface area contributed by atoms with Crippen molar-refractivity contribution in [2.75, 3.05) is 19.6 Å². The first-order chi connectivity index (χ1) is 12.3. The van der Waals surface area contributed by atoms with Crippen molar-refractivity contribution in [3.63, 3.8) is 0 Å². The van der Waals surface area contributed by atoms with Crippen LogP contribution in [0.3, 0.4) is 0 Å². The molecule has 138 valence electrons. The average Bonchev–Trinajstić information content (AvgIpc) is 3.41. The SMILES string of the molecule is O=C(NCCc1nc(C2CCCCC2)cs1)C1CCN(C2CC2)CC1. The highest BCUT2D eigenvalue weighted by molar-refractivity contribution is 7.09. The number of carbonyl (C=O) groups is 1. The number of rotatable bonds is 6. The van der Waals surface area contributed by atoms with Crippen LogP contribution in [0.1, 0.15) is 74.4 Å². The molecule has 3 fully saturated rings. The molecule has 4 rings (SSSR count). The molecule has 0 atom stereocenters. The molecule has 1 aliphatic heterocycles. The van der Waals surface area contributed by atoms with E-state index in [0.717, 1.165) is 44.9 Å². The Balaban J connectivity index is 1.17. The van der Waals surface area contributed by atoms with Crippen molar-refractivity contribution in [1.29, 1.82) is 0 Å². The van der Waals surface area contributed by atoms with E-state index >= 15 is 0 Å². The molecule has 1 aromatic rings. The highest BCUT2D eigenvalue weighted by atomic mass is 32.1. The number of nitrogens with zero attached hydrogens (tertiary/aromatic N) is 2. The molecule has 0 unspecified atom stereocenters. The van der Waals surface area contributed by atoms with Gasteiger partial charge in [0.1, 0.15) is 0 Å². The first-order valence-electron chi connectivity index (χ1n) is 10.3. The summed E-state index contributed by atoms with van der Waals surface area (Å²) in [6.45, 7) is 2.96. The van der Waals surface area contributed by atoms with Crippen LogP contribution in [0.5, 0.6) is 0 Å². The highest BCUT2D eigenvalue weighted by Crippen LogP contribution is 2.33. The van der Waals surface area contributed by atoms with Gasteiger partial charge in [-0.2, -0.15) is 0 Å². The molecule has 0 spiro atoms. The molecule has 1 amide bonds. The third-order valence-electron chi connectivity index (χ3n) is 6.19. The lowest BCUT2D eigenvalue weighted by molar-refractivity contribution is -0.126. The van der Waals surface area contributed by atoms with E-state index in [4.69, 9.17) is 4.98 Å². The maximum Gasteiger partial charge on any atom is 0.223 e. The van der Waals surface area contributed by atoms with Crippen LogP contribution in [-0.2, 0) is 11.2 Å². The van der Waals surface area contributed by atoms with Gasteiger partial charge in [-0.05, 0) is 51.6 Å². The van der Waals surface area contributed by atoms with Crippen molar-refractivity contribution >= 4 is 17.2 Å². The summed E-state index contributed by atoms with van der Waals surface area (Å²) in [6, 6.07) is 0.840. The van der Waals surface area contributed by atoms with E-state index in [9.17, 15) is 4.79 Å². The van der Waals surface area contributed by atoms with Gasteiger partial charge in [-0.15, -0.1) is 11.3 Å². The molecule has 4 nitrogen and oxygen atoms in total. The summed E-state index contributed by atoms with van der Waals surface area (Å²) in [5, 5.41) is 6.59. The van der Waals surface area contributed by atoms with E-state index in [-0.39, 0.29) is 11.8 Å². The van der Waals surface area contributed by atoms with Crippen LogP contribution in [-0.4, -0.2) is 41.5 Å². The third-order valence-corrected chi connectivity index (χ3v) is 7.12. The molecule has 2 saturated carbocycles. The predicted octanol–water partition coefficient (Wildman–Crippen LogP) is 3.72. The summed E-state index contributed by atoms with van der Waals surface area (Å²) in [7, 11) is 0. The fraction of sp³-hybridized carbons (Fsp3) is 0.800. The molecule has 2 heterocycles. The summed E-state index contributed by atoms with van der Waals surface area (Å²) in [6.07, 6.45) is 12.4. The van der Waals surface area contributed by atoms with Crippen molar-refractivity contribution in [3.8, 4) is 0 Å². The van der Waals surface area contributed by atoms with Crippen LogP contribution in [0, 0.1) is 5.92 Å². The van der Waals surface area contributed by atoms with Crippen molar-refractivity contribution < 1.29 is 4.79 Å². The van der Waals surface area contributed by atoms with Gasteiger partial charge in [0.05, 0.1) is 10.7 Å². The van der Waals surface area contributed by atoms with Gasteiger partial charge in [0.2, 0.25) is 5.91 Å². The van der Waals surface area contributed by atoms with Crippen molar-refractivity contribution in [2.24, 2.45) is 5.92 Å². The lowest BCUT2D eigenvalue weighted by Gasteiger charge is -2.31. The number of nitrogens with one attached hydrogen (secondary N) is 1. The number of amides is 1. The smallest absolute Gasteiger partial charge is 0.223 e. The zero-order chi connectivity index (χ0) is 17.1. The standard InChI is InChI=1S/C20H31N3OS/c24-20(16-9-12-23(13-10-16)17-6-7-17)21-11-8-19-22-18(14-25-19)15-4-2-1-3-5-15/h14-17H,1-13H2,(H,21,24). The fourth-order valence-electron chi connectivity index (χ4n) is 4.43. The molecule has 3 aliphatic rings. The van der Waals surface area contributed by atoms with Gasteiger partial charge in [-0.1, -0.05) is 19.3 Å². The minimum Gasteiger partial charge on any atom is -0.355 e. The summed E-state index contributed by atoms with van der Waals surface area (Å²) >= 11 is 1.77. The normalized spacial score (nSPS) is 23.7. The van der Waals surface area contributed by atoms with E-state index in [1.54, 1.807) is 11.3 Å². The lowest BCUT2D eigenvalue weighted by atomic mass is 9.87. The number of aromatic nitrogens is 1. The zero-order valence-corrected chi connectivity index (χ0v) is 16.0. The van der Waals surface area contributed by atoms with Crippen molar-refractivity contribution in [2.45, 2.75) is 76.2 Å². The number of likely N-dealkylation sites (tertiary alicyclic amines) is 1. The first kappa shape index (κ1) is 17.5. The zero-order valence-electron chi connectivity index (χ0n) is 15.2. The Bertz CT molecular complexity index is 569. The van der Waals surface area contributed by atoms with Gasteiger partial charge in [0.15, 0.2) is 0 Å². The quantitative estimate of drug-likeness (QED) is 0.840. The first-order valence-corrected chi connectivity index (χ1v) is 11.1. The van der Waals surface area contributed by atoms with Crippen LogP contribution in [0.15, 0.2) is 5.38 Å². The molecule has 25 heavy (non-hydrogen) atoms. The predicted molar refractivity (Wildman–Crippen MR) is 102 cm³/mol. The summed E-state index contributed by atoms with van der Waals surface area (Å²) < 4.78 is 0. The van der Waals surface area contributed by atoms with Crippen molar-refractivity contribution in [3.05, 3.63) is 16.1 Å². The summed E-state index contributed by atoms with van der Waals surface area (Å²) in [5.41, 5.74) is 1.30. The number of hydrogen-bond acceptors (Lipinski definition) is 4. The lowest BCUT2D eigenvalue weighted by Crippen LogP contribution is -2.41. The van der Waals surface area contributed by atoms with Crippen LogP contribution < -0.4 is 5.32 Å². The van der Waals surface area contributed by atoms with Gasteiger partial charge in [-0.25, -0.2) is 4.98 Å². The second-order valence-corrected chi connectivity index (χ2v) is 9.03. The molecule has 1 N–H and O–H groups in total. The Morgan fingerprint density at radius 3 is 2.60 bits per heavy atom. The number of hydrogen-bond donors (Lipinski definition) is 1. The maximum atomic E-state index is 12.4. The van der Waals surface area contributed by atoms with Crippen LogP contribution in [0.2, 0.25) is 0 Å². The van der Waals surface area contributed by atoms with E-state index < -0.39 is 0 Å². The molecule has 1 aromatic heterocycles. The van der Waals surface area contributed by atoms with E-state index in [1.807, 2.05) is 0 Å².